The molecule has 1 N–H and O–H groups in total. The molecule has 7 heteroatoms. The summed E-state index contributed by atoms with van der Waals surface area (Å²) in [6, 6.07) is 12.9. The molecule has 1 heterocycles. The van der Waals surface area contributed by atoms with Crippen LogP contribution in [0.15, 0.2) is 53.9 Å². The highest BCUT2D eigenvalue weighted by Crippen LogP contribution is 2.09. The Balaban J connectivity index is 1.87. The van der Waals surface area contributed by atoms with Crippen molar-refractivity contribution in [1.82, 2.24) is 10.4 Å². The lowest BCUT2D eigenvalue weighted by atomic mass is 10.2. The highest BCUT2D eigenvalue weighted by molar-refractivity contribution is 7.12. The van der Waals surface area contributed by atoms with Gasteiger partial charge in [-0.05, 0) is 30.0 Å². The number of Topliss-reactive ketones (excluding diaryl/α,β-unsaturated/α-hetero) is 1. The molecule has 0 aliphatic carbocycles. The minimum atomic E-state index is -0.618. The number of ether oxygens (including phenoxy) is 1. The van der Waals surface area contributed by atoms with Gasteiger partial charge in [-0.25, -0.2) is 5.43 Å². The van der Waals surface area contributed by atoms with Crippen molar-refractivity contribution in [2.45, 2.75) is 13.2 Å². The number of benzene rings is 1. The van der Waals surface area contributed by atoms with Crippen molar-refractivity contribution < 1.29 is 19.1 Å². The van der Waals surface area contributed by atoms with Gasteiger partial charge in [0.15, 0.2) is 5.78 Å². The summed E-state index contributed by atoms with van der Waals surface area (Å²) in [5, 5.41) is 2.96. The van der Waals surface area contributed by atoms with Crippen molar-refractivity contribution in [3.63, 3.8) is 0 Å². The van der Waals surface area contributed by atoms with Gasteiger partial charge in [0.2, 0.25) is 0 Å². The molecule has 136 valence electrons. The first kappa shape index (κ1) is 19.7. The molecule has 1 aromatic heterocycles. The summed E-state index contributed by atoms with van der Waals surface area (Å²) in [4.78, 5) is 35.6. The van der Waals surface area contributed by atoms with Gasteiger partial charge in [-0.1, -0.05) is 36.4 Å². The molecule has 6 nitrogen and oxygen atoms in total. The van der Waals surface area contributed by atoms with Gasteiger partial charge >= 0.3 is 0 Å². The van der Waals surface area contributed by atoms with Crippen LogP contribution < -0.4 is 5.43 Å². The molecule has 0 bridgehead atoms. The number of hydrogen-bond donors (Lipinski definition) is 1. The van der Waals surface area contributed by atoms with Crippen LogP contribution in [-0.4, -0.2) is 42.4 Å². The summed E-state index contributed by atoms with van der Waals surface area (Å²) in [5.41, 5.74) is 3.66. The number of nitrogens with one attached hydrogen (secondary N) is 1. The average molecular weight is 372 g/mol. The molecule has 0 radical (unpaired) electrons. The van der Waals surface area contributed by atoms with Crippen LogP contribution >= 0.6 is 11.3 Å². The predicted octanol–water partition coefficient (Wildman–Crippen LogP) is 2.54. The molecule has 1 unspecified atom stereocenters. The third kappa shape index (κ3) is 6.36. The van der Waals surface area contributed by atoms with Gasteiger partial charge in [-0.3, -0.25) is 14.6 Å². The number of aldehydes is 1. The number of amides is 1. The first-order chi connectivity index (χ1) is 12.6. The summed E-state index contributed by atoms with van der Waals surface area (Å²) in [6.07, 6.45) is 3.03. The molecule has 0 fully saturated rings. The summed E-state index contributed by atoms with van der Waals surface area (Å²) in [7, 11) is 0. The Hall–Kier alpha value is -2.61. The fourth-order valence-corrected chi connectivity index (χ4v) is 2.72. The maximum atomic E-state index is 12.3. The van der Waals surface area contributed by atoms with Crippen molar-refractivity contribution in [1.29, 1.82) is 0 Å². The van der Waals surface area contributed by atoms with Gasteiger partial charge in [0.05, 0.1) is 11.4 Å². The minimum Gasteiger partial charge on any atom is -0.354 e. The molecule has 1 aromatic carbocycles. The first-order valence-electron chi connectivity index (χ1n) is 8.03. The summed E-state index contributed by atoms with van der Waals surface area (Å²) >= 11 is 1.34. The Labute approximate surface area is 156 Å². The van der Waals surface area contributed by atoms with Gasteiger partial charge in [-0.2, -0.15) is 0 Å². The maximum absolute atomic E-state index is 12.3. The Kier molecular flexibility index (Phi) is 7.88. The van der Waals surface area contributed by atoms with Crippen LogP contribution in [0.25, 0.3) is 6.08 Å². The van der Waals surface area contributed by atoms with Crippen LogP contribution in [0.5, 0.6) is 0 Å². The zero-order chi connectivity index (χ0) is 18.8. The number of hydrogen-bond acceptors (Lipinski definition) is 6. The Bertz CT molecular complexity index is 744. The van der Waals surface area contributed by atoms with Crippen LogP contribution in [0.3, 0.4) is 0 Å². The number of thiophene rings is 1. The molecule has 26 heavy (non-hydrogen) atoms. The molecule has 0 aliphatic rings. The molecule has 2 rings (SSSR count). The summed E-state index contributed by atoms with van der Waals surface area (Å²) < 4.78 is 5.43. The zero-order valence-corrected chi connectivity index (χ0v) is 15.1. The molecule has 1 atom stereocenters. The van der Waals surface area contributed by atoms with E-state index in [0.717, 1.165) is 10.6 Å². The van der Waals surface area contributed by atoms with Crippen molar-refractivity contribution in [3.8, 4) is 0 Å². The van der Waals surface area contributed by atoms with Gasteiger partial charge in [0.1, 0.15) is 19.1 Å². The monoisotopic (exact) mass is 372 g/mol. The molecule has 0 saturated heterocycles. The van der Waals surface area contributed by atoms with E-state index in [-0.39, 0.29) is 24.8 Å². The molecule has 0 aliphatic heterocycles. The van der Waals surface area contributed by atoms with Crippen molar-refractivity contribution in [2.24, 2.45) is 0 Å². The number of carbonyl (C=O) groups is 3. The molecular formula is C19H20N2O4S. The molecule has 1 amide bonds. The van der Waals surface area contributed by atoms with Crippen molar-refractivity contribution in [3.05, 3.63) is 64.4 Å². The quantitative estimate of drug-likeness (QED) is 0.228. The Morgan fingerprint density at radius 1 is 1.23 bits per heavy atom. The van der Waals surface area contributed by atoms with Gasteiger partial charge in [0, 0.05) is 6.08 Å². The second-order valence-corrected chi connectivity index (χ2v) is 6.29. The molecule has 0 spiro atoms. The lowest BCUT2D eigenvalue weighted by Crippen LogP contribution is -2.48. The second kappa shape index (κ2) is 10.4. The van der Waals surface area contributed by atoms with E-state index in [2.05, 4.69) is 5.43 Å². The normalized spacial score (nSPS) is 12.0. The van der Waals surface area contributed by atoms with E-state index in [1.165, 1.54) is 17.4 Å². The van der Waals surface area contributed by atoms with Crippen LogP contribution in [-0.2, 0) is 14.3 Å². The smallest absolute Gasteiger partial charge is 0.261 e. The average Bonchev–Trinajstić information content (AvgIpc) is 3.19. The van der Waals surface area contributed by atoms with E-state index in [9.17, 15) is 14.4 Å². The molecular weight excluding hydrogens is 352 g/mol. The second-order valence-electron chi connectivity index (χ2n) is 5.34. The maximum Gasteiger partial charge on any atom is 0.261 e. The summed E-state index contributed by atoms with van der Waals surface area (Å²) in [5.74, 6) is -0.521. The Morgan fingerprint density at radius 3 is 2.65 bits per heavy atom. The number of nitrogens with zero attached hydrogens (tertiary/aromatic N) is 1. The van der Waals surface area contributed by atoms with Crippen molar-refractivity contribution in [2.75, 3.05) is 13.2 Å². The zero-order valence-electron chi connectivity index (χ0n) is 14.3. The number of ketones is 1. The van der Waals surface area contributed by atoms with Crippen molar-refractivity contribution >= 4 is 35.4 Å². The third-order valence-electron chi connectivity index (χ3n) is 3.34. The van der Waals surface area contributed by atoms with Crippen LogP contribution in [0.2, 0.25) is 0 Å². The van der Waals surface area contributed by atoms with E-state index in [4.69, 9.17) is 4.74 Å². The van der Waals surface area contributed by atoms with E-state index in [1.807, 2.05) is 35.7 Å². The lowest BCUT2D eigenvalue weighted by molar-refractivity contribution is -0.135. The largest absolute Gasteiger partial charge is 0.354 e. The van der Waals surface area contributed by atoms with Gasteiger partial charge in [-0.15, -0.1) is 11.3 Å². The van der Waals surface area contributed by atoms with E-state index in [1.54, 1.807) is 25.1 Å². The fraction of sp³-hybridized carbons (Fsp3) is 0.211. The van der Waals surface area contributed by atoms with Crippen LogP contribution in [0, 0.1) is 0 Å². The number of hydrazine groups is 1. The highest BCUT2D eigenvalue weighted by Gasteiger charge is 2.15. The van der Waals surface area contributed by atoms with Gasteiger partial charge in [0.25, 0.3) is 5.91 Å². The highest BCUT2D eigenvalue weighted by atomic mass is 32.1. The standard InChI is InChI=1S/C19H20N2O4S/c1-15(25-14-17(23)18-8-5-13-26-18)20-21(11-12-22)19(24)10-9-16-6-3-2-4-7-16/h2-10,12-13,15,20H,11,14H2,1H3/b10-9+. The van der Waals surface area contributed by atoms with E-state index < -0.39 is 6.23 Å². The van der Waals surface area contributed by atoms with E-state index in [0.29, 0.717) is 11.2 Å². The predicted molar refractivity (Wildman–Crippen MR) is 100 cm³/mol. The van der Waals surface area contributed by atoms with Crippen LogP contribution in [0.4, 0.5) is 0 Å². The summed E-state index contributed by atoms with van der Waals surface area (Å²) in [6.45, 7) is 1.41. The minimum absolute atomic E-state index is 0.113. The molecule has 2 aromatic rings. The topological polar surface area (TPSA) is 75.7 Å². The molecule has 0 saturated carbocycles. The van der Waals surface area contributed by atoms with Crippen LogP contribution in [0.1, 0.15) is 22.2 Å². The Morgan fingerprint density at radius 2 is 2.00 bits per heavy atom. The SMILES string of the molecule is CC(NN(CC=O)C(=O)/C=C/c1ccccc1)OCC(=O)c1cccs1. The van der Waals surface area contributed by atoms with Gasteiger partial charge < -0.3 is 9.53 Å². The number of carbonyl (C=O) groups excluding carboxylic acids is 3. The fourth-order valence-electron chi connectivity index (χ4n) is 2.07. The van der Waals surface area contributed by atoms with E-state index >= 15 is 0 Å². The number of rotatable bonds is 10. The lowest BCUT2D eigenvalue weighted by Gasteiger charge is -2.24. The third-order valence-corrected chi connectivity index (χ3v) is 4.25. The first-order valence-corrected chi connectivity index (χ1v) is 8.91.